The lowest BCUT2D eigenvalue weighted by Crippen LogP contribution is -2.31. The van der Waals surface area contributed by atoms with Crippen LogP contribution in [0.25, 0.3) is 0 Å². The van der Waals surface area contributed by atoms with Gasteiger partial charge in [0.05, 0.1) is 26.9 Å². The van der Waals surface area contributed by atoms with Gasteiger partial charge in [-0.2, -0.15) is 0 Å². The molecule has 5 heteroatoms. The minimum Gasteiger partial charge on any atom is -0.493 e. The molecule has 0 heterocycles. The van der Waals surface area contributed by atoms with Crippen LogP contribution in [0.3, 0.4) is 0 Å². The predicted octanol–water partition coefficient (Wildman–Crippen LogP) is 0.708. The largest absolute Gasteiger partial charge is 0.493 e. The molecule has 0 fully saturated rings. The fourth-order valence-electron chi connectivity index (χ4n) is 1.62. The van der Waals surface area contributed by atoms with Gasteiger partial charge in [-0.25, -0.2) is 0 Å². The number of hydrogen-bond donors (Lipinski definition) is 3. The van der Waals surface area contributed by atoms with Crippen LogP contribution in [0.1, 0.15) is 18.5 Å². The molecule has 102 valence electrons. The quantitative estimate of drug-likeness (QED) is 0.669. The number of aliphatic hydroxyl groups excluding tert-OH is 2. The molecular weight excluding hydrogens is 234 g/mol. The van der Waals surface area contributed by atoms with Crippen molar-refractivity contribution in [3.05, 3.63) is 23.8 Å². The number of rotatable bonds is 7. The maximum absolute atomic E-state index is 9.28. The van der Waals surface area contributed by atoms with Crippen LogP contribution in [0.4, 0.5) is 0 Å². The maximum Gasteiger partial charge on any atom is 0.161 e. The third kappa shape index (κ3) is 3.87. The monoisotopic (exact) mass is 255 g/mol. The SMILES string of the molecule is COc1ccc(C(C)NCC(O)CO)cc1OC. The van der Waals surface area contributed by atoms with E-state index in [0.717, 1.165) is 5.56 Å². The maximum atomic E-state index is 9.28. The van der Waals surface area contributed by atoms with Crippen molar-refractivity contribution in [1.82, 2.24) is 5.32 Å². The Kier molecular flexibility index (Phi) is 5.91. The molecule has 2 atom stereocenters. The van der Waals surface area contributed by atoms with Crippen molar-refractivity contribution >= 4 is 0 Å². The van der Waals surface area contributed by atoms with E-state index in [1.165, 1.54) is 0 Å². The first-order valence-corrected chi connectivity index (χ1v) is 5.86. The van der Waals surface area contributed by atoms with Crippen LogP contribution in [-0.4, -0.2) is 43.7 Å². The molecule has 0 amide bonds. The van der Waals surface area contributed by atoms with Gasteiger partial charge in [0.25, 0.3) is 0 Å². The van der Waals surface area contributed by atoms with Crippen molar-refractivity contribution < 1.29 is 19.7 Å². The average molecular weight is 255 g/mol. The first-order valence-electron chi connectivity index (χ1n) is 5.86. The molecule has 0 aliphatic heterocycles. The van der Waals surface area contributed by atoms with Crippen LogP contribution < -0.4 is 14.8 Å². The van der Waals surface area contributed by atoms with Crippen molar-refractivity contribution in [3.8, 4) is 11.5 Å². The van der Waals surface area contributed by atoms with E-state index in [1.807, 2.05) is 25.1 Å². The van der Waals surface area contributed by atoms with E-state index in [1.54, 1.807) is 14.2 Å². The summed E-state index contributed by atoms with van der Waals surface area (Å²) in [4.78, 5) is 0. The second-order valence-corrected chi connectivity index (χ2v) is 4.08. The summed E-state index contributed by atoms with van der Waals surface area (Å²) in [7, 11) is 3.19. The molecule has 2 unspecified atom stereocenters. The number of nitrogens with one attached hydrogen (secondary N) is 1. The van der Waals surface area contributed by atoms with Gasteiger partial charge in [0.15, 0.2) is 11.5 Å². The zero-order valence-electron chi connectivity index (χ0n) is 11.0. The Morgan fingerprint density at radius 3 is 2.44 bits per heavy atom. The first kappa shape index (κ1) is 14.8. The fourth-order valence-corrected chi connectivity index (χ4v) is 1.62. The van der Waals surface area contributed by atoms with Crippen molar-refractivity contribution in [3.63, 3.8) is 0 Å². The average Bonchev–Trinajstić information content (AvgIpc) is 2.43. The van der Waals surface area contributed by atoms with Gasteiger partial charge in [-0.1, -0.05) is 6.07 Å². The van der Waals surface area contributed by atoms with Crippen LogP contribution in [0.2, 0.25) is 0 Å². The summed E-state index contributed by atoms with van der Waals surface area (Å²) < 4.78 is 10.4. The van der Waals surface area contributed by atoms with E-state index < -0.39 is 6.10 Å². The summed E-state index contributed by atoms with van der Waals surface area (Å²) in [6.07, 6.45) is -0.743. The number of hydrogen-bond acceptors (Lipinski definition) is 5. The lowest BCUT2D eigenvalue weighted by Gasteiger charge is -2.18. The molecule has 0 aliphatic carbocycles. The van der Waals surface area contributed by atoms with E-state index in [4.69, 9.17) is 14.6 Å². The third-order valence-electron chi connectivity index (χ3n) is 2.78. The Balaban J connectivity index is 2.70. The topological polar surface area (TPSA) is 71.0 Å². The normalized spacial score (nSPS) is 14.1. The van der Waals surface area contributed by atoms with E-state index in [2.05, 4.69) is 5.32 Å². The number of benzene rings is 1. The van der Waals surface area contributed by atoms with Gasteiger partial charge in [-0.15, -0.1) is 0 Å². The summed E-state index contributed by atoms with van der Waals surface area (Å²) in [5.74, 6) is 1.36. The molecule has 1 rings (SSSR count). The summed E-state index contributed by atoms with van der Waals surface area (Å²) in [6, 6.07) is 5.71. The molecule has 1 aromatic carbocycles. The first-order chi connectivity index (χ1) is 8.62. The van der Waals surface area contributed by atoms with Crippen LogP contribution in [0.5, 0.6) is 11.5 Å². The molecule has 0 bridgehead atoms. The number of methoxy groups -OCH3 is 2. The Morgan fingerprint density at radius 1 is 1.22 bits per heavy atom. The van der Waals surface area contributed by atoms with Crippen molar-refractivity contribution in [1.29, 1.82) is 0 Å². The fraction of sp³-hybridized carbons (Fsp3) is 0.538. The van der Waals surface area contributed by atoms with Crippen LogP contribution in [0, 0.1) is 0 Å². The molecule has 0 aromatic heterocycles. The lowest BCUT2D eigenvalue weighted by molar-refractivity contribution is 0.0924. The summed E-state index contributed by atoms with van der Waals surface area (Å²) in [5.41, 5.74) is 1.03. The molecule has 0 saturated carbocycles. The van der Waals surface area contributed by atoms with Gasteiger partial charge in [0.2, 0.25) is 0 Å². The molecule has 5 nitrogen and oxygen atoms in total. The Labute approximate surface area is 107 Å². The molecular formula is C13H21NO4. The Hall–Kier alpha value is -1.30. The lowest BCUT2D eigenvalue weighted by atomic mass is 10.1. The second-order valence-electron chi connectivity index (χ2n) is 4.08. The molecule has 18 heavy (non-hydrogen) atoms. The Bertz CT molecular complexity index is 370. The standard InChI is InChI=1S/C13H21NO4/c1-9(14-7-11(16)8-15)10-4-5-12(17-2)13(6-10)18-3/h4-6,9,11,14-16H,7-8H2,1-3H3. The number of ether oxygens (including phenoxy) is 2. The Morgan fingerprint density at radius 2 is 1.89 bits per heavy atom. The highest BCUT2D eigenvalue weighted by Crippen LogP contribution is 2.29. The predicted molar refractivity (Wildman–Crippen MR) is 69.1 cm³/mol. The van der Waals surface area contributed by atoms with Crippen molar-refractivity contribution in [2.45, 2.75) is 19.1 Å². The minimum atomic E-state index is -0.743. The molecule has 3 N–H and O–H groups in total. The van der Waals surface area contributed by atoms with Crippen molar-refractivity contribution in [2.24, 2.45) is 0 Å². The van der Waals surface area contributed by atoms with Crippen LogP contribution in [-0.2, 0) is 0 Å². The van der Waals surface area contributed by atoms with E-state index >= 15 is 0 Å². The van der Waals surface area contributed by atoms with Gasteiger partial charge >= 0.3 is 0 Å². The zero-order valence-corrected chi connectivity index (χ0v) is 11.0. The molecule has 0 aliphatic rings. The molecule has 0 radical (unpaired) electrons. The van der Waals surface area contributed by atoms with E-state index in [0.29, 0.717) is 18.0 Å². The highest BCUT2D eigenvalue weighted by molar-refractivity contribution is 5.43. The zero-order chi connectivity index (χ0) is 13.5. The minimum absolute atomic E-state index is 0.0472. The van der Waals surface area contributed by atoms with Gasteiger partial charge in [0.1, 0.15) is 0 Å². The molecule has 1 aromatic rings. The number of aliphatic hydroxyl groups is 2. The molecule has 0 saturated heterocycles. The van der Waals surface area contributed by atoms with E-state index in [-0.39, 0.29) is 12.6 Å². The third-order valence-corrected chi connectivity index (χ3v) is 2.78. The summed E-state index contributed by atoms with van der Waals surface area (Å²) in [5, 5.41) is 21.2. The highest BCUT2D eigenvalue weighted by Gasteiger charge is 2.11. The smallest absolute Gasteiger partial charge is 0.161 e. The summed E-state index contributed by atoms with van der Waals surface area (Å²) in [6.45, 7) is 2.07. The van der Waals surface area contributed by atoms with Gasteiger partial charge in [-0.05, 0) is 24.6 Å². The molecule has 0 spiro atoms. The van der Waals surface area contributed by atoms with Crippen LogP contribution >= 0.6 is 0 Å². The van der Waals surface area contributed by atoms with Crippen LogP contribution in [0.15, 0.2) is 18.2 Å². The summed E-state index contributed by atoms with van der Waals surface area (Å²) >= 11 is 0. The van der Waals surface area contributed by atoms with Crippen molar-refractivity contribution in [2.75, 3.05) is 27.4 Å². The van der Waals surface area contributed by atoms with E-state index in [9.17, 15) is 5.11 Å². The highest BCUT2D eigenvalue weighted by atomic mass is 16.5. The van der Waals surface area contributed by atoms with Gasteiger partial charge in [-0.3, -0.25) is 0 Å². The second kappa shape index (κ2) is 7.20. The van der Waals surface area contributed by atoms with Gasteiger partial charge < -0.3 is 25.0 Å². The van der Waals surface area contributed by atoms with Gasteiger partial charge in [0, 0.05) is 12.6 Å².